The van der Waals surface area contributed by atoms with Gasteiger partial charge in [-0.05, 0) is 42.8 Å². The Labute approximate surface area is 200 Å². The second-order valence-electron chi connectivity index (χ2n) is 7.16. The van der Waals surface area contributed by atoms with Crippen molar-refractivity contribution in [3.05, 3.63) is 105 Å². The first-order chi connectivity index (χ1) is 15.5. The highest BCUT2D eigenvalue weighted by Gasteiger charge is 2.18. The van der Waals surface area contributed by atoms with Crippen molar-refractivity contribution in [2.75, 3.05) is 0 Å². The molecule has 1 amide bonds. The summed E-state index contributed by atoms with van der Waals surface area (Å²) in [5.41, 5.74) is 3.68. The molecule has 0 unspecified atom stereocenters. The Morgan fingerprint density at radius 3 is 2.56 bits per heavy atom. The van der Waals surface area contributed by atoms with Crippen LogP contribution in [0.2, 0.25) is 10.0 Å². The van der Waals surface area contributed by atoms with Gasteiger partial charge in [-0.2, -0.15) is 0 Å². The lowest BCUT2D eigenvalue weighted by Gasteiger charge is -2.13. The molecule has 5 nitrogen and oxygen atoms in total. The number of aryl methyl sites for hydroxylation is 1. The zero-order chi connectivity index (χ0) is 22.5. The third-order valence-electron chi connectivity index (χ3n) is 4.74. The Morgan fingerprint density at radius 2 is 1.81 bits per heavy atom. The standard InChI is InChI=1S/C24H20Cl2N4OS/c1-16-6-5-7-17(12-16)15-32-24-29-28-22(14-27-23(31)18-8-3-2-4-9-18)30(24)21-11-10-19(25)13-20(21)26/h2-13H,14-15H2,1H3,(H,27,31). The maximum absolute atomic E-state index is 12.5. The maximum atomic E-state index is 12.5. The molecule has 162 valence electrons. The largest absolute Gasteiger partial charge is 0.345 e. The molecule has 32 heavy (non-hydrogen) atoms. The van der Waals surface area contributed by atoms with Crippen molar-refractivity contribution in [2.24, 2.45) is 0 Å². The first-order valence-electron chi connectivity index (χ1n) is 9.92. The summed E-state index contributed by atoms with van der Waals surface area (Å²) in [5, 5.41) is 13.3. The third kappa shape index (κ3) is 5.33. The molecule has 4 rings (SSSR count). The van der Waals surface area contributed by atoms with E-state index in [1.54, 1.807) is 36.0 Å². The van der Waals surface area contributed by atoms with E-state index in [4.69, 9.17) is 23.2 Å². The summed E-state index contributed by atoms with van der Waals surface area (Å²) in [6, 6.07) is 22.6. The first-order valence-corrected chi connectivity index (χ1v) is 11.7. The van der Waals surface area contributed by atoms with Gasteiger partial charge in [-0.1, -0.05) is 83.0 Å². The second kappa shape index (κ2) is 10.2. The van der Waals surface area contributed by atoms with E-state index in [2.05, 4.69) is 40.6 Å². The van der Waals surface area contributed by atoms with Gasteiger partial charge in [-0.3, -0.25) is 9.36 Å². The molecule has 1 aromatic heterocycles. The lowest BCUT2D eigenvalue weighted by atomic mass is 10.2. The molecule has 8 heteroatoms. The molecule has 0 saturated carbocycles. The van der Waals surface area contributed by atoms with Crippen molar-refractivity contribution >= 4 is 40.9 Å². The number of carbonyl (C=O) groups is 1. The maximum Gasteiger partial charge on any atom is 0.251 e. The number of benzene rings is 3. The van der Waals surface area contributed by atoms with E-state index < -0.39 is 0 Å². The van der Waals surface area contributed by atoms with Gasteiger partial charge in [-0.15, -0.1) is 10.2 Å². The third-order valence-corrected chi connectivity index (χ3v) is 6.28. The SMILES string of the molecule is Cc1cccc(CSc2nnc(CNC(=O)c3ccccc3)n2-c2ccc(Cl)cc2Cl)c1. The summed E-state index contributed by atoms with van der Waals surface area (Å²) in [4.78, 5) is 12.5. The number of halogens is 2. The van der Waals surface area contributed by atoms with E-state index in [9.17, 15) is 4.79 Å². The molecular weight excluding hydrogens is 463 g/mol. The van der Waals surface area contributed by atoms with Crippen molar-refractivity contribution in [1.82, 2.24) is 20.1 Å². The van der Waals surface area contributed by atoms with Crippen molar-refractivity contribution in [1.29, 1.82) is 0 Å². The number of aromatic nitrogens is 3. The van der Waals surface area contributed by atoms with Crippen LogP contribution >= 0.6 is 35.0 Å². The van der Waals surface area contributed by atoms with Gasteiger partial charge in [0.15, 0.2) is 11.0 Å². The van der Waals surface area contributed by atoms with Gasteiger partial charge in [0, 0.05) is 16.3 Å². The average molecular weight is 483 g/mol. The zero-order valence-electron chi connectivity index (χ0n) is 17.3. The molecule has 0 atom stereocenters. The summed E-state index contributed by atoms with van der Waals surface area (Å²) >= 11 is 14.2. The van der Waals surface area contributed by atoms with Crippen LogP contribution in [0.15, 0.2) is 78.0 Å². The van der Waals surface area contributed by atoms with Gasteiger partial charge < -0.3 is 5.32 Å². The van der Waals surface area contributed by atoms with Crippen LogP contribution in [0.3, 0.4) is 0 Å². The van der Waals surface area contributed by atoms with Gasteiger partial charge in [0.2, 0.25) is 0 Å². The monoisotopic (exact) mass is 482 g/mol. The number of rotatable bonds is 7. The van der Waals surface area contributed by atoms with E-state index in [0.717, 1.165) is 5.75 Å². The van der Waals surface area contributed by atoms with Gasteiger partial charge in [0.25, 0.3) is 5.91 Å². The molecule has 0 spiro atoms. The molecule has 0 saturated heterocycles. The Balaban J connectivity index is 1.61. The lowest BCUT2D eigenvalue weighted by Crippen LogP contribution is -2.24. The quantitative estimate of drug-likeness (QED) is 0.323. The van der Waals surface area contributed by atoms with Gasteiger partial charge in [0.05, 0.1) is 17.3 Å². The highest BCUT2D eigenvalue weighted by Crippen LogP contribution is 2.30. The second-order valence-corrected chi connectivity index (χ2v) is 8.94. The number of carbonyl (C=O) groups excluding carboxylic acids is 1. The molecule has 0 radical (unpaired) electrons. The topological polar surface area (TPSA) is 59.8 Å². The predicted octanol–water partition coefficient (Wildman–Crippen LogP) is 6.10. The Morgan fingerprint density at radius 1 is 1.00 bits per heavy atom. The van der Waals surface area contributed by atoms with Crippen molar-refractivity contribution in [3.63, 3.8) is 0 Å². The predicted molar refractivity (Wildman–Crippen MR) is 130 cm³/mol. The van der Waals surface area contributed by atoms with E-state index in [1.807, 2.05) is 34.9 Å². The zero-order valence-corrected chi connectivity index (χ0v) is 19.6. The van der Waals surface area contributed by atoms with Crippen LogP contribution in [0.25, 0.3) is 5.69 Å². The van der Waals surface area contributed by atoms with E-state index >= 15 is 0 Å². The molecule has 4 aromatic rings. The number of thioether (sulfide) groups is 1. The minimum Gasteiger partial charge on any atom is -0.345 e. The van der Waals surface area contributed by atoms with Crippen molar-refractivity contribution < 1.29 is 4.79 Å². The molecule has 1 heterocycles. The van der Waals surface area contributed by atoms with Crippen molar-refractivity contribution in [2.45, 2.75) is 24.4 Å². The number of hydrogen-bond acceptors (Lipinski definition) is 4. The van der Waals surface area contributed by atoms with Crippen LogP contribution in [-0.2, 0) is 12.3 Å². The minimum atomic E-state index is -0.184. The Hall–Kier alpha value is -2.80. The first kappa shape index (κ1) is 22.4. The lowest BCUT2D eigenvalue weighted by molar-refractivity contribution is 0.0949. The van der Waals surface area contributed by atoms with Gasteiger partial charge >= 0.3 is 0 Å². The van der Waals surface area contributed by atoms with E-state index in [-0.39, 0.29) is 12.5 Å². The summed E-state index contributed by atoms with van der Waals surface area (Å²) < 4.78 is 1.87. The molecule has 0 fully saturated rings. The normalized spacial score (nSPS) is 10.8. The molecule has 0 aliphatic rings. The fourth-order valence-corrected chi connectivity index (χ4v) is 4.61. The number of nitrogens with zero attached hydrogens (tertiary/aromatic N) is 3. The molecule has 3 aromatic carbocycles. The van der Waals surface area contributed by atoms with Crippen LogP contribution in [0, 0.1) is 6.92 Å². The summed E-state index contributed by atoms with van der Waals surface area (Å²) in [6.07, 6.45) is 0. The number of amides is 1. The Kier molecular flexibility index (Phi) is 7.15. The minimum absolute atomic E-state index is 0.184. The summed E-state index contributed by atoms with van der Waals surface area (Å²) in [7, 11) is 0. The molecule has 0 bridgehead atoms. The van der Waals surface area contributed by atoms with Crippen LogP contribution in [0.5, 0.6) is 0 Å². The van der Waals surface area contributed by atoms with E-state index in [1.165, 1.54) is 11.1 Å². The Bertz CT molecular complexity index is 1240. The average Bonchev–Trinajstić information content (AvgIpc) is 3.19. The highest BCUT2D eigenvalue weighted by molar-refractivity contribution is 7.98. The number of hydrogen-bond donors (Lipinski definition) is 1. The van der Waals surface area contributed by atoms with Crippen LogP contribution in [0.1, 0.15) is 27.3 Å². The molecule has 1 N–H and O–H groups in total. The van der Waals surface area contributed by atoms with Crippen LogP contribution in [0.4, 0.5) is 0 Å². The fraction of sp³-hybridized carbons (Fsp3) is 0.125. The van der Waals surface area contributed by atoms with Crippen LogP contribution in [-0.4, -0.2) is 20.7 Å². The smallest absolute Gasteiger partial charge is 0.251 e. The number of nitrogens with one attached hydrogen (secondary N) is 1. The molecule has 0 aliphatic heterocycles. The van der Waals surface area contributed by atoms with Crippen molar-refractivity contribution in [3.8, 4) is 5.69 Å². The van der Waals surface area contributed by atoms with Crippen LogP contribution < -0.4 is 5.32 Å². The fourth-order valence-electron chi connectivity index (χ4n) is 3.21. The summed E-state index contributed by atoms with van der Waals surface area (Å²) in [5.74, 6) is 1.11. The van der Waals surface area contributed by atoms with E-state index in [0.29, 0.717) is 32.3 Å². The van der Waals surface area contributed by atoms with Gasteiger partial charge in [0.1, 0.15) is 0 Å². The van der Waals surface area contributed by atoms with Gasteiger partial charge in [-0.25, -0.2) is 0 Å². The summed E-state index contributed by atoms with van der Waals surface area (Å²) in [6.45, 7) is 2.27. The molecular formula is C24H20Cl2N4OS. The molecule has 0 aliphatic carbocycles. The highest BCUT2D eigenvalue weighted by atomic mass is 35.5.